The van der Waals surface area contributed by atoms with Gasteiger partial charge in [0.25, 0.3) is 22.9 Å². The van der Waals surface area contributed by atoms with Gasteiger partial charge in [0, 0.05) is 73.1 Å². The van der Waals surface area contributed by atoms with Crippen molar-refractivity contribution in [3.8, 4) is 11.1 Å². The summed E-state index contributed by atoms with van der Waals surface area (Å²) in [5.41, 5.74) is 5.94. The minimum Gasteiger partial charge on any atom is -0.353 e. The van der Waals surface area contributed by atoms with Gasteiger partial charge in [0.05, 0.1) is 16.6 Å². The third-order valence-corrected chi connectivity index (χ3v) is 9.78. The third kappa shape index (κ3) is 7.34. The van der Waals surface area contributed by atoms with Crippen molar-refractivity contribution in [2.75, 3.05) is 31.1 Å². The summed E-state index contributed by atoms with van der Waals surface area (Å²) in [6.07, 6.45) is 2.08. The molecule has 0 aliphatic carbocycles. The van der Waals surface area contributed by atoms with E-state index in [0.29, 0.717) is 65.8 Å². The lowest BCUT2D eigenvalue weighted by Gasteiger charge is -2.35. The van der Waals surface area contributed by atoms with E-state index in [-0.39, 0.29) is 35.0 Å². The smallest absolute Gasteiger partial charge is 0.272 e. The van der Waals surface area contributed by atoms with E-state index in [2.05, 4.69) is 25.4 Å². The molecule has 7 rings (SSSR count). The summed E-state index contributed by atoms with van der Waals surface area (Å²) in [5.74, 6) is -0.497. The Morgan fingerprint density at radius 2 is 1.57 bits per heavy atom. The van der Waals surface area contributed by atoms with Crippen LogP contribution in [0.2, 0.25) is 0 Å². The molecule has 1 saturated heterocycles. The zero-order valence-electron chi connectivity index (χ0n) is 29.6. The number of piperazine rings is 1. The Morgan fingerprint density at radius 1 is 0.811 bits per heavy atom. The van der Waals surface area contributed by atoms with Gasteiger partial charge in [-0.2, -0.15) is 5.10 Å². The van der Waals surface area contributed by atoms with Crippen LogP contribution < -0.4 is 21.3 Å². The lowest BCUT2D eigenvalue weighted by Crippen LogP contribution is -2.49. The van der Waals surface area contributed by atoms with Crippen LogP contribution in [0.4, 0.5) is 10.2 Å². The Hall–Kier alpha value is -6.43. The molecule has 0 unspecified atom stereocenters. The average Bonchev–Trinajstić information content (AvgIpc) is 3.16. The van der Waals surface area contributed by atoms with E-state index in [4.69, 9.17) is 4.98 Å². The number of anilines is 1. The Bertz CT molecular complexity index is 2480. The first-order chi connectivity index (χ1) is 25.5. The quantitative estimate of drug-likeness (QED) is 0.196. The summed E-state index contributed by atoms with van der Waals surface area (Å²) < 4.78 is 15.0. The van der Waals surface area contributed by atoms with Gasteiger partial charge in [-0.15, -0.1) is 0 Å². The zero-order valence-corrected chi connectivity index (χ0v) is 29.6. The molecule has 0 bridgehead atoms. The number of hydrogen-bond acceptors (Lipinski definition) is 7. The summed E-state index contributed by atoms with van der Waals surface area (Å²) in [7, 11) is 0. The monoisotopic (exact) mass is 711 g/mol. The van der Waals surface area contributed by atoms with Crippen LogP contribution in [0.1, 0.15) is 54.4 Å². The summed E-state index contributed by atoms with van der Waals surface area (Å²) in [6.45, 7) is 7.48. The van der Waals surface area contributed by atoms with Crippen molar-refractivity contribution in [1.29, 1.82) is 0 Å². The number of benzene rings is 3. The number of halogens is 1. The average molecular weight is 712 g/mol. The molecule has 53 heavy (non-hydrogen) atoms. The molecule has 0 radical (unpaired) electrons. The van der Waals surface area contributed by atoms with Crippen molar-refractivity contribution < 1.29 is 14.0 Å². The molecule has 0 spiro atoms. The van der Waals surface area contributed by atoms with Gasteiger partial charge in [-0.05, 0) is 85.5 Å². The maximum Gasteiger partial charge on any atom is 0.272 e. The molecule has 0 saturated carbocycles. The number of carbonyl (C=O) groups excluding carboxylic acids is 2. The molecule has 3 aromatic carbocycles. The van der Waals surface area contributed by atoms with Crippen LogP contribution in [0.15, 0.2) is 94.6 Å². The van der Waals surface area contributed by atoms with E-state index in [1.165, 1.54) is 6.07 Å². The molecule has 3 aromatic heterocycles. The highest BCUT2D eigenvalue weighted by atomic mass is 19.1. The van der Waals surface area contributed by atoms with Gasteiger partial charge in [-0.1, -0.05) is 36.4 Å². The van der Waals surface area contributed by atoms with Crippen LogP contribution in [-0.2, 0) is 13.0 Å². The first kappa shape index (κ1) is 35.0. The SMILES string of the molecule is Cc1cc(C)c(CNC(=O)c2cc(-c3ccc(N4CCN(C(=O)c5cc(Cc6n[nH]c(=O)c7ccccc67)ccc5F)CC4)nc3)ccc2C)c(=O)[nH]1. The number of fused-ring (bicyclic) bond motifs is 1. The minimum atomic E-state index is -0.592. The predicted molar refractivity (Wildman–Crippen MR) is 202 cm³/mol. The van der Waals surface area contributed by atoms with Crippen LogP contribution in [0.25, 0.3) is 21.9 Å². The normalized spacial score (nSPS) is 13.0. The van der Waals surface area contributed by atoms with E-state index in [0.717, 1.165) is 33.8 Å². The molecule has 0 atom stereocenters. The van der Waals surface area contributed by atoms with Crippen LogP contribution in [0.5, 0.6) is 0 Å². The number of amides is 2. The molecular weight excluding hydrogens is 673 g/mol. The summed E-state index contributed by atoms with van der Waals surface area (Å²) in [6, 6.07) is 23.1. The highest BCUT2D eigenvalue weighted by Gasteiger charge is 2.25. The van der Waals surface area contributed by atoms with E-state index in [9.17, 15) is 19.2 Å². The largest absolute Gasteiger partial charge is 0.353 e. The molecule has 1 aliphatic heterocycles. The third-order valence-electron chi connectivity index (χ3n) is 9.78. The second-order valence-corrected chi connectivity index (χ2v) is 13.4. The first-order valence-corrected chi connectivity index (χ1v) is 17.4. The van der Waals surface area contributed by atoms with Gasteiger partial charge >= 0.3 is 0 Å². The van der Waals surface area contributed by atoms with Gasteiger partial charge in [0.2, 0.25) is 0 Å². The summed E-state index contributed by atoms with van der Waals surface area (Å²) in [4.78, 5) is 62.6. The number of H-pyrrole nitrogens is 2. The number of aryl methyl sites for hydroxylation is 3. The maximum absolute atomic E-state index is 15.0. The van der Waals surface area contributed by atoms with E-state index in [1.807, 2.05) is 69.3 Å². The fraction of sp³-hybridized carbons (Fsp3) is 0.220. The Morgan fingerprint density at radius 3 is 2.30 bits per heavy atom. The minimum absolute atomic E-state index is 0.00257. The van der Waals surface area contributed by atoms with Crippen LogP contribution in [0.3, 0.4) is 0 Å². The van der Waals surface area contributed by atoms with E-state index < -0.39 is 5.82 Å². The van der Waals surface area contributed by atoms with Crippen LogP contribution in [-0.4, -0.2) is 63.1 Å². The van der Waals surface area contributed by atoms with Crippen molar-refractivity contribution >= 4 is 28.4 Å². The molecule has 11 nitrogen and oxygen atoms in total. The maximum atomic E-state index is 15.0. The number of nitrogens with zero attached hydrogens (tertiary/aromatic N) is 4. The topological polar surface area (TPSA) is 144 Å². The second kappa shape index (κ2) is 14.7. The Labute approximate surface area is 304 Å². The predicted octanol–water partition coefficient (Wildman–Crippen LogP) is 5.22. The van der Waals surface area contributed by atoms with Gasteiger partial charge in [-0.25, -0.2) is 14.5 Å². The molecular formula is C41H38FN7O4. The Balaban J connectivity index is 0.987. The van der Waals surface area contributed by atoms with Crippen molar-refractivity contribution in [2.45, 2.75) is 33.7 Å². The molecule has 12 heteroatoms. The first-order valence-electron chi connectivity index (χ1n) is 17.4. The lowest BCUT2D eigenvalue weighted by atomic mass is 10.00. The second-order valence-electron chi connectivity index (χ2n) is 13.4. The van der Waals surface area contributed by atoms with Crippen molar-refractivity contribution in [1.82, 2.24) is 30.4 Å². The van der Waals surface area contributed by atoms with Crippen molar-refractivity contribution in [2.24, 2.45) is 0 Å². The number of nitrogens with one attached hydrogen (secondary N) is 3. The van der Waals surface area contributed by atoms with Gasteiger partial charge < -0.3 is 20.1 Å². The van der Waals surface area contributed by atoms with Crippen molar-refractivity contribution in [3.05, 3.63) is 156 Å². The number of hydrogen-bond donors (Lipinski definition) is 3. The highest BCUT2D eigenvalue weighted by molar-refractivity contribution is 5.97. The van der Waals surface area contributed by atoms with E-state index >= 15 is 4.39 Å². The molecule has 2 amide bonds. The van der Waals surface area contributed by atoms with Crippen LogP contribution in [0, 0.1) is 26.6 Å². The van der Waals surface area contributed by atoms with Gasteiger partial charge in [0.15, 0.2) is 0 Å². The number of rotatable bonds is 8. The molecule has 268 valence electrons. The van der Waals surface area contributed by atoms with Crippen molar-refractivity contribution in [3.63, 3.8) is 0 Å². The summed E-state index contributed by atoms with van der Waals surface area (Å²) in [5, 5.41) is 10.9. The van der Waals surface area contributed by atoms with Gasteiger partial charge in [-0.3, -0.25) is 19.2 Å². The molecule has 1 aliphatic rings. The number of aromatic amines is 2. The zero-order chi connectivity index (χ0) is 37.2. The van der Waals surface area contributed by atoms with Gasteiger partial charge in [0.1, 0.15) is 11.6 Å². The molecule has 6 aromatic rings. The fourth-order valence-electron chi connectivity index (χ4n) is 6.81. The molecule has 3 N–H and O–H groups in total. The van der Waals surface area contributed by atoms with E-state index in [1.54, 1.807) is 35.4 Å². The fourth-order valence-corrected chi connectivity index (χ4v) is 6.81. The Kier molecular flexibility index (Phi) is 9.68. The highest BCUT2D eigenvalue weighted by Crippen LogP contribution is 2.25. The number of carbonyl (C=O) groups is 2. The summed E-state index contributed by atoms with van der Waals surface area (Å²) >= 11 is 0. The lowest BCUT2D eigenvalue weighted by molar-refractivity contribution is 0.0741. The number of aromatic nitrogens is 4. The molecule has 4 heterocycles. The molecule has 1 fully saturated rings. The standard InChI is InChI=1S/C41H38FN7O4/c1-24-8-10-28(21-32(24)38(50)44-23-34-25(2)18-26(3)45-39(34)51)29-11-13-37(43-22-29)48-14-16-49(17-15-48)41(53)33-19-27(9-12-35(33)42)20-36-30-6-4-5-7-31(30)40(52)47-46-36/h4-13,18-19,21-22H,14-17,20,23H2,1-3H3,(H,44,50)(H,45,51)(H,47,52). The number of pyridine rings is 2. The van der Waals surface area contributed by atoms with Crippen LogP contribution >= 0.6 is 0 Å².